The summed E-state index contributed by atoms with van der Waals surface area (Å²) in [5.41, 5.74) is 10.5. The van der Waals surface area contributed by atoms with Crippen LogP contribution in [-0.2, 0) is 0 Å². The van der Waals surface area contributed by atoms with E-state index in [2.05, 4.69) is 146 Å². The van der Waals surface area contributed by atoms with Gasteiger partial charge in [0.25, 0.3) is 0 Å². The summed E-state index contributed by atoms with van der Waals surface area (Å²) in [6, 6.07) is 29.6. The van der Waals surface area contributed by atoms with Crippen LogP contribution in [0.25, 0.3) is 12.2 Å². The van der Waals surface area contributed by atoms with Crippen LogP contribution in [0.15, 0.2) is 108 Å². The van der Waals surface area contributed by atoms with Crippen molar-refractivity contribution >= 4 is 23.5 Å². The van der Waals surface area contributed by atoms with Crippen LogP contribution >= 0.6 is 0 Å². The summed E-state index contributed by atoms with van der Waals surface area (Å²) in [6.45, 7) is 0. The van der Waals surface area contributed by atoms with E-state index in [0.717, 1.165) is 17.1 Å². The maximum absolute atomic E-state index is 3.65. The lowest BCUT2D eigenvalue weighted by Crippen LogP contribution is -2.38. The second kappa shape index (κ2) is 10.1. The highest BCUT2D eigenvalue weighted by Crippen LogP contribution is 2.27. The Morgan fingerprint density at radius 3 is 2.03 bits per heavy atom. The Hall–Kier alpha value is -3.92. The lowest BCUT2D eigenvalue weighted by atomic mass is 10.1. The van der Waals surface area contributed by atoms with Gasteiger partial charge in [-0.15, -0.1) is 0 Å². The zero-order valence-electron chi connectivity index (χ0n) is 19.8. The zero-order valence-corrected chi connectivity index (χ0v) is 19.8. The largest absolute Gasteiger partial charge is 0.378 e. The molecular weight excluding hydrogens is 404 g/mol. The van der Waals surface area contributed by atoms with Crippen molar-refractivity contribution in [1.29, 1.82) is 0 Å². The van der Waals surface area contributed by atoms with Gasteiger partial charge in [0.15, 0.2) is 0 Å². The van der Waals surface area contributed by atoms with E-state index < -0.39 is 0 Å². The smallest absolute Gasteiger partial charge is 0.0893 e. The van der Waals surface area contributed by atoms with Crippen molar-refractivity contribution in [3.63, 3.8) is 0 Å². The van der Waals surface area contributed by atoms with Crippen molar-refractivity contribution in [2.75, 3.05) is 38.1 Å². The Balaban J connectivity index is 1.66. The van der Waals surface area contributed by atoms with Crippen LogP contribution in [0.3, 0.4) is 0 Å². The summed E-state index contributed by atoms with van der Waals surface area (Å²) in [6.07, 6.45) is 8.94. The number of hydrazine groups is 1. The van der Waals surface area contributed by atoms with Gasteiger partial charge in [0, 0.05) is 33.9 Å². The zero-order chi connectivity index (χ0) is 23.2. The Labute approximate surface area is 197 Å². The van der Waals surface area contributed by atoms with Crippen molar-refractivity contribution in [3.05, 3.63) is 120 Å². The van der Waals surface area contributed by atoms with Crippen LogP contribution in [0.4, 0.5) is 11.4 Å². The van der Waals surface area contributed by atoms with Crippen molar-refractivity contribution in [2.24, 2.45) is 0 Å². The number of anilines is 2. The van der Waals surface area contributed by atoms with E-state index in [1.54, 1.807) is 0 Å². The number of para-hydroxylation sites is 1. The minimum Gasteiger partial charge on any atom is -0.378 e. The monoisotopic (exact) mass is 436 g/mol. The summed E-state index contributed by atoms with van der Waals surface area (Å²) in [5.74, 6) is 0. The lowest BCUT2D eigenvalue weighted by molar-refractivity contribution is 0.516. The molecule has 3 aromatic rings. The second-order valence-electron chi connectivity index (χ2n) is 8.57. The van der Waals surface area contributed by atoms with Gasteiger partial charge in [-0.3, -0.25) is 10.4 Å². The van der Waals surface area contributed by atoms with Crippen LogP contribution in [0, 0.1) is 0 Å². The average Bonchev–Trinajstić information content (AvgIpc) is 3.26. The van der Waals surface area contributed by atoms with Crippen molar-refractivity contribution in [3.8, 4) is 0 Å². The van der Waals surface area contributed by atoms with Gasteiger partial charge in [0.2, 0.25) is 0 Å². The van der Waals surface area contributed by atoms with Crippen molar-refractivity contribution in [2.45, 2.75) is 6.04 Å². The molecule has 33 heavy (non-hydrogen) atoms. The van der Waals surface area contributed by atoms with Gasteiger partial charge in [0.05, 0.1) is 23.1 Å². The standard InChI is InChI=1S/C29H32N4/c1-31(2)25-18-15-23(16-19-25)17-20-27-22-28(30-33(27)26-13-9-6-10-14-26)29(32(3)4)21-24-11-7-5-8-12-24/h5-22,27,30H,1-4H3. The molecule has 0 radical (unpaired) electrons. The molecule has 168 valence electrons. The molecule has 4 heteroatoms. The van der Waals surface area contributed by atoms with Crippen LogP contribution in [0.2, 0.25) is 0 Å². The van der Waals surface area contributed by atoms with Gasteiger partial charge in [-0.1, -0.05) is 72.8 Å². The number of hydrogen-bond acceptors (Lipinski definition) is 4. The van der Waals surface area contributed by atoms with Crippen molar-refractivity contribution < 1.29 is 0 Å². The fraction of sp³-hybridized carbons (Fsp3) is 0.172. The first-order valence-electron chi connectivity index (χ1n) is 11.2. The molecule has 4 nitrogen and oxygen atoms in total. The van der Waals surface area contributed by atoms with E-state index >= 15 is 0 Å². The third-order valence-electron chi connectivity index (χ3n) is 5.67. The number of nitrogens with zero attached hydrogens (tertiary/aromatic N) is 3. The van der Waals surface area contributed by atoms with E-state index in [0.29, 0.717) is 0 Å². The molecule has 1 aliphatic rings. The number of likely N-dealkylation sites (N-methyl/N-ethyl adjacent to an activating group) is 1. The molecule has 0 aliphatic carbocycles. The molecule has 0 saturated heterocycles. The maximum atomic E-state index is 3.65. The fourth-order valence-electron chi connectivity index (χ4n) is 3.84. The third-order valence-corrected chi connectivity index (χ3v) is 5.67. The summed E-state index contributed by atoms with van der Waals surface area (Å²) in [5, 5.41) is 2.21. The first kappa shape index (κ1) is 22.3. The summed E-state index contributed by atoms with van der Waals surface area (Å²) in [4.78, 5) is 4.27. The quantitative estimate of drug-likeness (QED) is 0.517. The van der Waals surface area contributed by atoms with E-state index in [1.807, 2.05) is 12.1 Å². The van der Waals surface area contributed by atoms with Crippen LogP contribution in [-0.4, -0.2) is 39.1 Å². The van der Waals surface area contributed by atoms with Gasteiger partial charge in [-0.25, -0.2) is 0 Å². The Morgan fingerprint density at radius 1 is 0.788 bits per heavy atom. The highest BCUT2D eigenvalue weighted by Gasteiger charge is 2.25. The maximum Gasteiger partial charge on any atom is 0.0893 e. The summed E-state index contributed by atoms with van der Waals surface area (Å²) >= 11 is 0. The lowest BCUT2D eigenvalue weighted by Gasteiger charge is -2.27. The second-order valence-corrected chi connectivity index (χ2v) is 8.57. The molecule has 3 aromatic carbocycles. The minimum atomic E-state index is 0.0787. The molecule has 0 aromatic heterocycles. The number of rotatable bonds is 7. The normalized spacial score (nSPS) is 16.0. The Kier molecular flexibility index (Phi) is 6.84. The number of hydrogen-bond donors (Lipinski definition) is 1. The molecule has 4 rings (SSSR count). The molecule has 1 heterocycles. The molecule has 0 saturated carbocycles. The Morgan fingerprint density at radius 2 is 1.42 bits per heavy atom. The summed E-state index contributed by atoms with van der Waals surface area (Å²) in [7, 11) is 8.29. The van der Waals surface area contributed by atoms with Gasteiger partial charge >= 0.3 is 0 Å². The van der Waals surface area contributed by atoms with Crippen LogP contribution in [0.5, 0.6) is 0 Å². The van der Waals surface area contributed by atoms with Gasteiger partial charge < -0.3 is 9.80 Å². The van der Waals surface area contributed by atoms with Crippen LogP contribution in [0.1, 0.15) is 11.1 Å². The predicted molar refractivity (Wildman–Crippen MR) is 142 cm³/mol. The first-order valence-corrected chi connectivity index (χ1v) is 11.2. The van der Waals surface area contributed by atoms with Gasteiger partial charge in [-0.05, 0) is 47.5 Å². The molecule has 0 amide bonds. The van der Waals surface area contributed by atoms with E-state index in [1.165, 1.54) is 16.8 Å². The Bertz CT molecular complexity index is 1130. The van der Waals surface area contributed by atoms with Gasteiger partial charge in [-0.2, -0.15) is 0 Å². The highest BCUT2D eigenvalue weighted by atomic mass is 15.5. The van der Waals surface area contributed by atoms with E-state index in [-0.39, 0.29) is 6.04 Å². The average molecular weight is 437 g/mol. The summed E-state index contributed by atoms with van der Waals surface area (Å²) < 4.78 is 0. The predicted octanol–water partition coefficient (Wildman–Crippen LogP) is 5.65. The number of benzene rings is 3. The van der Waals surface area contributed by atoms with Crippen molar-refractivity contribution in [1.82, 2.24) is 10.3 Å². The number of nitrogens with one attached hydrogen (secondary N) is 1. The minimum absolute atomic E-state index is 0.0787. The molecule has 1 N–H and O–H groups in total. The SMILES string of the molecule is CN(C)C(=Cc1ccccc1)C1=CC(C=Cc2ccc(N(C)C)cc2)N(c2ccccc2)N1. The molecule has 0 bridgehead atoms. The molecule has 0 fully saturated rings. The third kappa shape index (κ3) is 5.47. The highest BCUT2D eigenvalue weighted by molar-refractivity contribution is 5.63. The van der Waals surface area contributed by atoms with E-state index in [4.69, 9.17) is 0 Å². The van der Waals surface area contributed by atoms with E-state index in [9.17, 15) is 0 Å². The molecular formula is C29H32N4. The topological polar surface area (TPSA) is 21.8 Å². The molecule has 1 unspecified atom stereocenters. The van der Waals surface area contributed by atoms with Gasteiger partial charge in [0.1, 0.15) is 0 Å². The fourth-order valence-corrected chi connectivity index (χ4v) is 3.84. The molecule has 0 spiro atoms. The first-order chi connectivity index (χ1) is 16.0. The molecule has 1 aliphatic heterocycles. The molecule has 1 atom stereocenters. The van der Waals surface area contributed by atoms with Crippen LogP contribution < -0.4 is 15.3 Å².